The summed E-state index contributed by atoms with van der Waals surface area (Å²) in [7, 11) is -1.50. The van der Waals surface area contributed by atoms with Crippen LogP contribution in [0.5, 0.6) is 0 Å². The average molecular weight is 242 g/mol. The normalized spacial score (nSPS) is 11.6. The van der Waals surface area contributed by atoms with E-state index in [-0.39, 0.29) is 0 Å². The van der Waals surface area contributed by atoms with Gasteiger partial charge in [0.15, 0.2) is 0 Å². The van der Waals surface area contributed by atoms with Crippen molar-refractivity contribution in [1.82, 2.24) is 10.0 Å². The van der Waals surface area contributed by atoms with Crippen molar-refractivity contribution in [2.45, 2.75) is 18.2 Å². The second kappa shape index (κ2) is 5.98. The molecule has 0 saturated carbocycles. The van der Waals surface area contributed by atoms with Gasteiger partial charge in [-0.25, -0.2) is 13.1 Å². The van der Waals surface area contributed by atoms with Gasteiger partial charge in [-0.2, -0.15) is 0 Å². The summed E-state index contributed by atoms with van der Waals surface area (Å²) in [6, 6.07) is 6.89. The lowest BCUT2D eigenvalue weighted by atomic mass is 10.2. The Labute approximate surface area is 97.1 Å². The van der Waals surface area contributed by atoms with Crippen LogP contribution in [0.4, 0.5) is 0 Å². The van der Waals surface area contributed by atoms with E-state index in [4.69, 9.17) is 0 Å². The van der Waals surface area contributed by atoms with E-state index < -0.39 is 10.0 Å². The van der Waals surface area contributed by atoms with E-state index in [1.54, 1.807) is 18.2 Å². The molecule has 0 aromatic heterocycles. The standard InChI is InChI=1S/C11H18N2O2S/c1-10-5-3-6-11(9-10)16(14,15)13-8-4-7-12-2/h3,5-6,9,12-13H,4,7-8H2,1-2H3. The SMILES string of the molecule is CNCCCNS(=O)(=O)c1cccc(C)c1. The Bertz CT molecular complexity index is 429. The number of aryl methyl sites for hydroxylation is 1. The highest BCUT2D eigenvalue weighted by Crippen LogP contribution is 2.10. The Morgan fingerprint density at radius 1 is 1.25 bits per heavy atom. The molecule has 1 aromatic rings. The molecule has 90 valence electrons. The minimum absolute atomic E-state index is 0.331. The molecule has 0 unspecified atom stereocenters. The Balaban J connectivity index is 2.64. The van der Waals surface area contributed by atoms with Gasteiger partial charge in [0, 0.05) is 6.54 Å². The molecule has 0 fully saturated rings. The largest absolute Gasteiger partial charge is 0.320 e. The summed E-state index contributed by atoms with van der Waals surface area (Å²) in [5, 5.41) is 2.97. The van der Waals surface area contributed by atoms with Crippen molar-refractivity contribution < 1.29 is 8.42 Å². The van der Waals surface area contributed by atoms with Crippen molar-refractivity contribution >= 4 is 10.0 Å². The van der Waals surface area contributed by atoms with Gasteiger partial charge in [-0.3, -0.25) is 0 Å². The van der Waals surface area contributed by atoms with Gasteiger partial charge < -0.3 is 5.32 Å². The second-order valence-electron chi connectivity index (χ2n) is 3.67. The molecule has 0 atom stereocenters. The summed E-state index contributed by atoms with van der Waals surface area (Å²) in [6.45, 7) is 3.13. The van der Waals surface area contributed by atoms with Gasteiger partial charge in [0.1, 0.15) is 0 Å². The molecule has 0 heterocycles. The first-order chi connectivity index (χ1) is 7.56. The van der Waals surface area contributed by atoms with Crippen molar-refractivity contribution in [1.29, 1.82) is 0 Å². The monoisotopic (exact) mass is 242 g/mol. The van der Waals surface area contributed by atoms with Crippen LogP contribution in [-0.4, -0.2) is 28.6 Å². The Morgan fingerprint density at radius 2 is 2.00 bits per heavy atom. The predicted molar refractivity (Wildman–Crippen MR) is 64.9 cm³/mol. The first-order valence-corrected chi connectivity index (χ1v) is 6.75. The summed E-state index contributed by atoms with van der Waals surface area (Å²) < 4.78 is 26.2. The van der Waals surface area contributed by atoms with E-state index in [9.17, 15) is 8.42 Å². The summed E-state index contributed by atoms with van der Waals surface area (Å²) >= 11 is 0. The van der Waals surface area contributed by atoms with E-state index in [0.29, 0.717) is 11.4 Å². The fraction of sp³-hybridized carbons (Fsp3) is 0.455. The summed E-state index contributed by atoms with van der Waals surface area (Å²) in [4.78, 5) is 0.331. The van der Waals surface area contributed by atoms with E-state index in [0.717, 1.165) is 18.5 Å². The highest BCUT2D eigenvalue weighted by atomic mass is 32.2. The lowest BCUT2D eigenvalue weighted by molar-refractivity contribution is 0.577. The van der Waals surface area contributed by atoms with Crippen molar-refractivity contribution in [3.63, 3.8) is 0 Å². The molecule has 0 radical (unpaired) electrons. The fourth-order valence-corrected chi connectivity index (χ4v) is 2.52. The van der Waals surface area contributed by atoms with Gasteiger partial charge in [-0.05, 0) is 44.6 Å². The molecule has 16 heavy (non-hydrogen) atoms. The lowest BCUT2D eigenvalue weighted by Gasteiger charge is -2.07. The maximum atomic E-state index is 11.8. The van der Waals surface area contributed by atoms with Crippen LogP contribution in [0.15, 0.2) is 29.2 Å². The fourth-order valence-electron chi connectivity index (χ4n) is 1.34. The molecule has 2 N–H and O–H groups in total. The predicted octanol–water partition coefficient (Wildman–Crippen LogP) is 0.883. The third kappa shape index (κ3) is 3.92. The minimum atomic E-state index is -3.34. The van der Waals surface area contributed by atoms with Gasteiger partial charge in [0.2, 0.25) is 10.0 Å². The topological polar surface area (TPSA) is 58.2 Å². The van der Waals surface area contributed by atoms with Gasteiger partial charge in [-0.15, -0.1) is 0 Å². The van der Waals surface area contributed by atoms with E-state index in [1.807, 2.05) is 20.0 Å². The smallest absolute Gasteiger partial charge is 0.240 e. The number of nitrogens with one attached hydrogen (secondary N) is 2. The molecule has 0 bridgehead atoms. The zero-order chi connectivity index (χ0) is 12.0. The molecule has 0 aliphatic carbocycles. The van der Waals surface area contributed by atoms with Crippen molar-refractivity contribution in [3.8, 4) is 0 Å². The number of hydrogen-bond acceptors (Lipinski definition) is 3. The first kappa shape index (κ1) is 13.2. The molecular weight excluding hydrogens is 224 g/mol. The summed E-state index contributed by atoms with van der Waals surface area (Å²) in [5.41, 5.74) is 0.943. The third-order valence-corrected chi connectivity index (χ3v) is 3.65. The molecule has 0 aliphatic rings. The maximum absolute atomic E-state index is 11.8. The molecule has 0 spiro atoms. The van der Waals surface area contributed by atoms with Crippen LogP contribution in [0.2, 0.25) is 0 Å². The molecule has 0 amide bonds. The summed E-state index contributed by atoms with van der Waals surface area (Å²) in [5.74, 6) is 0. The molecule has 0 saturated heterocycles. The van der Waals surface area contributed by atoms with E-state index >= 15 is 0 Å². The molecular formula is C11H18N2O2S. The zero-order valence-corrected chi connectivity index (χ0v) is 10.5. The van der Waals surface area contributed by atoms with Crippen LogP contribution in [0.1, 0.15) is 12.0 Å². The highest BCUT2D eigenvalue weighted by molar-refractivity contribution is 7.89. The van der Waals surface area contributed by atoms with Crippen LogP contribution in [0, 0.1) is 6.92 Å². The number of hydrogen-bond donors (Lipinski definition) is 2. The Kier molecular flexibility index (Phi) is 4.92. The molecule has 4 nitrogen and oxygen atoms in total. The van der Waals surface area contributed by atoms with Gasteiger partial charge in [0.25, 0.3) is 0 Å². The number of sulfonamides is 1. The van der Waals surface area contributed by atoms with E-state index in [1.165, 1.54) is 0 Å². The molecule has 1 rings (SSSR count). The Morgan fingerprint density at radius 3 is 2.62 bits per heavy atom. The van der Waals surface area contributed by atoms with Crippen LogP contribution in [0.25, 0.3) is 0 Å². The van der Waals surface area contributed by atoms with Crippen molar-refractivity contribution in [2.24, 2.45) is 0 Å². The average Bonchev–Trinajstić information content (AvgIpc) is 2.24. The van der Waals surface area contributed by atoms with E-state index in [2.05, 4.69) is 10.0 Å². The lowest BCUT2D eigenvalue weighted by Crippen LogP contribution is -2.26. The highest BCUT2D eigenvalue weighted by Gasteiger charge is 2.12. The van der Waals surface area contributed by atoms with Crippen molar-refractivity contribution in [2.75, 3.05) is 20.1 Å². The quantitative estimate of drug-likeness (QED) is 0.728. The van der Waals surface area contributed by atoms with Crippen LogP contribution in [-0.2, 0) is 10.0 Å². The van der Waals surface area contributed by atoms with Crippen LogP contribution in [0.3, 0.4) is 0 Å². The van der Waals surface area contributed by atoms with Gasteiger partial charge in [-0.1, -0.05) is 12.1 Å². The Hall–Kier alpha value is -0.910. The second-order valence-corrected chi connectivity index (χ2v) is 5.44. The van der Waals surface area contributed by atoms with Gasteiger partial charge >= 0.3 is 0 Å². The number of rotatable bonds is 6. The molecule has 5 heteroatoms. The minimum Gasteiger partial charge on any atom is -0.320 e. The molecule has 1 aromatic carbocycles. The number of benzene rings is 1. The third-order valence-electron chi connectivity index (χ3n) is 2.20. The summed E-state index contributed by atoms with van der Waals surface area (Å²) in [6.07, 6.45) is 0.779. The van der Waals surface area contributed by atoms with Crippen LogP contribution >= 0.6 is 0 Å². The maximum Gasteiger partial charge on any atom is 0.240 e. The zero-order valence-electron chi connectivity index (χ0n) is 9.66. The van der Waals surface area contributed by atoms with Crippen LogP contribution < -0.4 is 10.0 Å². The van der Waals surface area contributed by atoms with Gasteiger partial charge in [0.05, 0.1) is 4.90 Å². The molecule has 0 aliphatic heterocycles. The van der Waals surface area contributed by atoms with Crippen molar-refractivity contribution in [3.05, 3.63) is 29.8 Å². The first-order valence-electron chi connectivity index (χ1n) is 5.27.